The molecule has 26 heavy (non-hydrogen) atoms. The molecule has 0 aliphatic carbocycles. The van der Waals surface area contributed by atoms with E-state index >= 15 is 0 Å². The van der Waals surface area contributed by atoms with Gasteiger partial charge in [0.1, 0.15) is 11.0 Å². The number of halogens is 2. The molecule has 1 aromatic carbocycles. The minimum atomic E-state index is -3.75. The first-order chi connectivity index (χ1) is 12.3. The van der Waals surface area contributed by atoms with Gasteiger partial charge < -0.3 is 9.47 Å². The summed E-state index contributed by atoms with van der Waals surface area (Å²) in [6.45, 7) is 2.22. The van der Waals surface area contributed by atoms with E-state index in [0.717, 1.165) is 0 Å². The molecule has 0 spiro atoms. The van der Waals surface area contributed by atoms with Crippen molar-refractivity contribution >= 4 is 33.2 Å². The number of aryl methyl sites for hydroxylation is 1. The Balaban J connectivity index is 1.79. The molecular formula is C16H17Cl2N3O4S. The zero-order valence-corrected chi connectivity index (χ0v) is 16.5. The van der Waals surface area contributed by atoms with Crippen molar-refractivity contribution in [1.82, 2.24) is 14.3 Å². The van der Waals surface area contributed by atoms with E-state index in [9.17, 15) is 8.42 Å². The molecule has 0 amide bonds. The van der Waals surface area contributed by atoms with E-state index in [2.05, 4.69) is 9.97 Å². The molecule has 2 aromatic rings. The van der Waals surface area contributed by atoms with E-state index in [4.69, 9.17) is 32.7 Å². The van der Waals surface area contributed by atoms with Gasteiger partial charge in [0.2, 0.25) is 10.0 Å². The fourth-order valence-corrected chi connectivity index (χ4v) is 4.96. The highest BCUT2D eigenvalue weighted by Gasteiger charge is 2.35. The number of ether oxygens (including phenoxy) is 2. The molecule has 0 bridgehead atoms. The fraction of sp³-hybridized carbons (Fsp3) is 0.375. The van der Waals surface area contributed by atoms with Gasteiger partial charge in [0, 0.05) is 24.0 Å². The highest BCUT2D eigenvalue weighted by Crippen LogP contribution is 2.32. The monoisotopic (exact) mass is 417 g/mol. The summed E-state index contributed by atoms with van der Waals surface area (Å²) in [6, 6.07) is 2.93. The van der Waals surface area contributed by atoms with E-state index < -0.39 is 10.0 Å². The van der Waals surface area contributed by atoms with Gasteiger partial charge in [-0.3, -0.25) is 0 Å². The second-order valence-electron chi connectivity index (χ2n) is 5.79. The number of hydrogen-bond acceptors (Lipinski definition) is 6. The average molecular weight is 418 g/mol. The Kier molecular flexibility index (Phi) is 5.57. The number of sulfonamides is 1. The summed E-state index contributed by atoms with van der Waals surface area (Å²) in [6.07, 6.45) is 3.13. The highest BCUT2D eigenvalue weighted by atomic mass is 35.5. The maximum absolute atomic E-state index is 12.9. The molecule has 1 unspecified atom stereocenters. The summed E-state index contributed by atoms with van der Waals surface area (Å²) in [5, 5.41) is 0.520. The Morgan fingerprint density at radius 3 is 2.54 bits per heavy atom. The average Bonchev–Trinajstić information content (AvgIpc) is 3.08. The van der Waals surface area contributed by atoms with Gasteiger partial charge >= 0.3 is 0 Å². The lowest BCUT2D eigenvalue weighted by Gasteiger charge is -2.18. The van der Waals surface area contributed by atoms with Crippen molar-refractivity contribution in [2.75, 3.05) is 20.2 Å². The van der Waals surface area contributed by atoms with Crippen LogP contribution >= 0.6 is 23.2 Å². The smallest absolute Gasteiger partial charge is 0.278 e. The molecule has 1 aliphatic heterocycles. The summed E-state index contributed by atoms with van der Waals surface area (Å²) in [4.78, 5) is 8.13. The number of rotatable bonds is 5. The van der Waals surface area contributed by atoms with E-state index in [0.29, 0.717) is 23.6 Å². The number of hydrogen-bond donors (Lipinski definition) is 0. The van der Waals surface area contributed by atoms with Crippen LogP contribution in [0.5, 0.6) is 11.8 Å². The molecule has 3 rings (SSSR count). The summed E-state index contributed by atoms with van der Waals surface area (Å²) in [5.74, 6) is 0.491. The van der Waals surface area contributed by atoms with Crippen LogP contribution in [0.4, 0.5) is 0 Å². The molecule has 10 heteroatoms. The van der Waals surface area contributed by atoms with Crippen molar-refractivity contribution in [3.05, 3.63) is 40.1 Å². The lowest BCUT2D eigenvalue weighted by atomic mass is 10.2. The van der Waals surface area contributed by atoms with Crippen LogP contribution < -0.4 is 9.47 Å². The number of nitrogens with zero attached hydrogens (tertiary/aromatic N) is 3. The molecule has 1 aromatic heterocycles. The maximum atomic E-state index is 12.9. The van der Waals surface area contributed by atoms with Gasteiger partial charge in [-0.25, -0.2) is 18.4 Å². The molecule has 2 heterocycles. The Morgan fingerprint density at radius 1 is 1.15 bits per heavy atom. The Morgan fingerprint density at radius 2 is 1.85 bits per heavy atom. The van der Waals surface area contributed by atoms with Crippen LogP contribution in [0.1, 0.15) is 12.0 Å². The van der Waals surface area contributed by atoms with Crippen molar-refractivity contribution in [3.8, 4) is 11.8 Å². The minimum Gasteiger partial charge on any atom is -0.477 e. The second kappa shape index (κ2) is 7.56. The van der Waals surface area contributed by atoms with E-state index in [1.807, 2.05) is 0 Å². The van der Waals surface area contributed by atoms with Crippen molar-refractivity contribution < 1.29 is 17.9 Å². The van der Waals surface area contributed by atoms with Gasteiger partial charge in [0.15, 0.2) is 0 Å². The number of benzene rings is 1. The van der Waals surface area contributed by atoms with Gasteiger partial charge in [0.05, 0.1) is 18.7 Å². The van der Waals surface area contributed by atoms with Crippen LogP contribution in [0.15, 0.2) is 29.4 Å². The van der Waals surface area contributed by atoms with Crippen LogP contribution in [0.25, 0.3) is 0 Å². The number of methoxy groups -OCH3 is 1. The Hall–Kier alpha value is -1.61. The van der Waals surface area contributed by atoms with Crippen molar-refractivity contribution in [1.29, 1.82) is 0 Å². The first-order valence-corrected chi connectivity index (χ1v) is 10.00. The van der Waals surface area contributed by atoms with Gasteiger partial charge in [-0.05, 0) is 31.0 Å². The highest BCUT2D eigenvalue weighted by molar-refractivity contribution is 7.89. The van der Waals surface area contributed by atoms with Crippen LogP contribution in [0, 0.1) is 6.92 Å². The molecular weight excluding hydrogens is 401 g/mol. The molecule has 0 N–H and O–H groups in total. The van der Waals surface area contributed by atoms with Gasteiger partial charge in [0.25, 0.3) is 11.8 Å². The minimum absolute atomic E-state index is 0.0406. The van der Waals surface area contributed by atoms with Crippen LogP contribution in [-0.2, 0) is 10.0 Å². The Bertz CT molecular complexity index is 924. The van der Waals surface area contributed by atoms with Crippen LogP contribution in [-0.4, -0.2) is 49.0 Å². The largest absolute Gasteiger partial charge is 0.477 e. The molecule has 140 valence electrons. The van der Waals surface area contributed by atoms with Gasteiger partial charge in [-0.15, -0.1) is 0 Å². The summed E-state index contributed by atoms with van der Waals surface area (Å²) >= 11 is 12.1. The lowest BCUT2D eigenvalue weighted by molar-refractivity contribution is 0.194. The summed E-state index contributed by atoms with van der Waals surface area (Å²) in [7, 11) is -2.29. The van der Waals surface area contributed by atoms with E-state index in [1.165, 1.54) is 35.9 Å². The topological polar surface area (TPSA) is 81.6 Å². The third-order valence-electron chi connectivity index (χ3n) is 4.04. The zero-order valence-electron chi connectivity index (χ0n) is 14.1. The van der Waals surface area contributed by atoms with Crippen LogP contribution in [0.2, 0.25) is 10.0 Å². The maximum Gasteiger partial charge on any atom is 0.278 e. The van der Waals surface area contributed by atoms with Crippen molar-refractivity contribution in [2.24, 2.45) is 0 Å². The van der Waals surface area contributed by atoms with Gasteiger partial charge in [-0.2, -0.15) is 4.31 Å². The third kappa shape index (κ3) is 3.73. The summed E-state index contributed by atoms with van der Waals surface area (Å²) < 4.78 is 38.1. The molecule has 1 atom stereocenters. The summed E-state index contributed by atoms with van der Waals surface area (Å²) in [5.41, 5.74) is 0.644. The molecule has 0 radical (unpaired) electrons. The fourth-order valence-electron chi connectivity index (χ4n) is 2.67. The molecule has 0 saturated carbocycles. The first-order valence-electron chi connectivity index (χ1n) is 7.80. The van der Waals surface area contributed by atoms with E-state index in [1.54, 1.807) is 6.92 Å². The lowest BCUT2D eigenvalue weighted by Crippen LogP contribution is -2.31. The van der Waals surface area contributed by atoms with E-state index in [-0.39, 0.29) is 34.3 Å². The third-order valence-corrected chi connectivity index (χ3v) is 6.78. The Labute approximate surface area is 161 Å². The van der Waals surface area contributed by atoms with Gasteiger partial charge in [-0.1, -0.05) is 23.2 Å². The predicted molar refractivity (Wildman–Crippen MR) is 97.6 cm³/mol. The normalized spacial score (nSPS) is 18.1. The second-order valence-corrected chi connectivity index (χ2v) is 8.51. The predicted octanol–water partition coefficient (Wildman–Crippen LogP) is 2.94. The number of aromatic nitrogens is 2. The van der Waals surface area contributed by atoms with Crippen molar-refractivity contribution in [3.63, 3.8) is 0 Å². The molecule has 1 fully saturated rings. The van der Waals surface area contributed by atoms with Crippen molar-refractivity contribution in [2.45, 2.75) is 24.3 Å². The SMILES string of the molecule is COc1nccnc1OC1CCN(S(=O)(=O)c2cc(C)c(Cl)cc2Cl)C1. The molecule has 1 aliphatic rings. The zero-order chi connectivity index (χ0) is 18.9. The first kappa shape index (κ1) is 19.2. The molecule has 1 saturated heterocycles. The molecule has 7 nitrogen and oxygen atoms in total. The quantitative estimate of drug-likeness (QED) is 0.743. The van der Waals surface area contributed by atoms with Crippen LogP contribution in [0.3, 0.4) is 0 Å². The standard InChI is InChI=1S/C16H17Cl2N3O4S/c1-10-7-14(13(18)8-12(10)17)26(22,23)21-6-3-11(9-21)25-16-15(24-2)19-4-5-20-16/h4-5,7-8,11H,3,6,9H2,1-2H3.